The van der Waals surface area contributed by atoms with Crippen LogP contribution in [0.15, 0.2) is 34.7 Å². The van der Waals surface area contributed by atoms with Gasteiger partial charge in [0.2, 0.25) is 5.78 Å². The summed E-state index contributed by atoms with van der Waals surface area (Å²) in [6.07, 6.45) is 0. The van der Waals surface area contributed by atoms with Crippen molar-refractivity contribution in [3.05, 3.63) is 36.1 Å². The van der Waals surface area contributed by atoms with Crippen LogP contribution in [0.4, 0.5) is 0 Å². The number of Topliss-reactive ketones (excluding diaryl/α,β-unsaturated/α-hetero) is 1. The molecule has 0 bridgehead atoms. The molecule has 21 heavy (non-hydrogen) atoms. The van der Waals surface area contributed by atoms with Gasteiger partial charge in [0, 0.05) is 5.39 Å². The van der Waals surface area contributed by atoms with Crippen LogP contribution in [-0.4, -0.2) is 38.3 Å². The summed E-state index contributed by atoms with van der Waals surface area (Å²) in [6, 6.07) is 8.45. The van der Waals surface area contributed by atoms with Crippen LogP contribution in [0.1, 0.15) is 17.5 Å². The molecule has 0 aliphatic rings. The molecule has 1 heterocycles. The predicted octanol–water partition coefficient (Wildman–Crippen LogP) is 1.59. The van der Waals surface area contributed by atoms with Gasteiger partial charge < -0.3 is 9.15 Å². The number of ketones is 1. The number of benzene rings is 1. The van der Waals surface area contributed by atoms with Crippen LogP contribution < -0.4 is 0 Å². The third-order valence-electron chi connectivity index (χ3n) is 2.69. The molecule has 2 rings (SSSR count). The number of fused-ring (bicyclic) bond motifs is 1. The minimum Gasteiger partial charge on any atom is -0.465 e. The first kappa shape index (κ1) is 15.2. The van der Waals surface area contributed by atoms with Crippen LogP contribution in [-0.2, 0) is 19.4 Å². The number of ether oxygens (including phenoxy) is 1. The highest BCUT2D eigenvalue weighted by atomic mass is 32.2. The van der Waals surface area contributed by atoms with E-state index >= 15 is 0 Å². The van der Waals surface area contributed by atoms with Gasteiger partial charge in [-0.1, -0.05) is 18.2 Å². The lowest BCUT2D eigenvalue weighted by molar-refractivity contribution is -0.139. The maximum atomic E-state index is 11.9. The molecule has 6 nitrogen and oxygen atoms in total. The molecular weight excluding hydrogens is 296 g/mol. The second kappa shape index (κ2) is 6.09. The topological polar surface area (TPSA) is 90.7 Å². The Bertz CT molecular complexity index is 739. The van der Waals surface area contributed by atoms with Crippen molar-refractivity contribution in [1.29, 1.82) is 0 Å². The van der Waals surface area contributed by atoms with E-state index in [1.165, 1.54) is 6.07 Å². The molecule has 0 aliphatic carbocycles. The Labute approximate surface area is 121 Å². The van der Waals surface area contributed by atoms with E-state index in [0.29, 0.717) is 11.0 Å². The Morgan fingerprint density at radius 2 is 1.90 bits per heavy atom. The van der Waals surface area contributed by atoms with Crippen LogP contribution >= 0.6 is 0 Å². The van der Waals surface area contributed by atoms with Crippen molar-refractivity contribution in [2.24, 2.45) is 0 Å². The van der Waals surface area contributed by atoms with Gasteiger partial charge in [0.1, 0.15) is 17.1 Å². The Morgan fingerprint density at radius 1 is 1.19 bits per heavy atom. The second-order valence-electron chi connectivity index (χ2n) is 4.41. The van der Waals surface area contributed by atoms with Crippen LogP contribution in [0.3, 0.4) is 0 Å². The maximum Gasteiger partial charge on any atom is 0.321 e. The number of hydrogen-bond donors (Lipinski definition) is 0. The van der Waals surface area contributed by atoms with Gasteiger partial charge in [-0.05, 0) is 19.1 Å². The molecule has 112 valence electrons. The van der Waals surface area contributed by atoms with E-state index in [1.54, 1.807) is 31.2 Å². The van der Waals surface area contributed by atoms with Crippen LogP contribution in [0.5, 0.6) is 0 Å². The van der Waals surface area contributed by atoms with E-state index in [2.05, 4.69) is 4.74 Å². The third kappa shape index (κ3) is 3.91. The van der Waals surface area contributed by atoms with Crippen LogP contribution in [0.2, 0.25) is 0 Å². The minimum atomic E-state index is -3.87. The highest BCUT2D eigenvalue weighted by Crippen LogP contribution is 2.19. The number of carbonyl (C=O) groups is 2. The highest BCUT2D eigenvalue weighted by molar-refractivity contribution is 7.92. The van der Waals surface area contributed by atoms with Crippen molar-refractivity contribution in [3.63, 3.8) is 0 Å². The molecule has 1 aromatic heterocycles. The fraction of sp³-hybridized carbons (Fsp3) is 0.286. The average molecular weight is 310 g/mol. The van der Waals surface area contributed by atoms with E-state index in [-0.39, 0.29) is 12.4 Å². The number of esters is 1. The highest BCUT2D eigenvalue weighted by Gasteiger charge is 2.24. The van der Waals surface area contributed by atoms with Gasteiger partial charge in [-0.15, -0.1) is 0 Å². The summed E-state index contributed by atoms with van der Waals surface area (Å²) in [5.74, 6) is -3.19. The first-order chi connectivity index (χ1) is 9.91. The number of furan rings is 1. The molecule has 0 aliphatic heterocycles. The van der Waals surface area contributed by atoms with Crippen molar-refractivity contribution in [3.8, 4) is 0 Å². The van der Waals surface area contributed by atoms with Gasteiger partial charge in [-0.3, -0.25) is 9.59 Å². The van der Waals surface area contributed by atoms with Gasteiger partial charge >= 0.3 is 5.97 Å². The maximum absolute atomic E-state index is 11.9. The Morgan fingerprint density at radius 3 is 2.57 bits per heavy atom. The first-order valence-electron chi connectivity index (χ1n) is 6.29. The molecule has 0 radical (unpaired) electrons. The largest absolute Gasteiger partial charge is 0.465 e. The fourth-order valence-electron chi connectivity index (χ4n) is 1.82. The molecule has 0 saturated heterocycles. The smallest absolute Gasteiger partial charge is 0.321 e. The van der Waals surface area contributed by atoms with Crippen LogP contribution in [0, 0.1) is 0 Å². The standard InChI is InChI=1S/C14H14O6S/c1-2-19-14(16)9-21(17,18)8-11(15)13-7-10-5-3-4-6-12(10)20-13/h3-7H,2,8-9H2,1H3. The number of para-hydroxylation sites is 1. The SMILES string of the molecule is CCOC(=O)CS(=O)(=O)CC(=O)c1cc2ccccc2o1. The van der Waals surface area contributed by atoms with Crippen molar-refractivity contribution < 1.29 is 27.2 Å². The predicted molar refractivity (Wildman–Crippen MR) is 75.8 cm³/mol. The summed E-state index contributed by atoms with van der Waals surface area (Å²) in [7, 11) is -3.87. The quantitative estimate of drug-likeness (QED) is 0.594. The molecule has 0 amide bonds. The fourth-order valence-corrected chi connectivity index (χ4v) is 2.91. The first-order valence-corrected chi connectivity index (χ1v) is 8.11. The molecule has 7 heteroatoms. The van der Waals surface area contributed by atoms with E-state index in [1.807, 2.05) is 0 Å². The molecule has 1 aromatic carbocycles. The number of carbonyl (C=O) groups excluding carboxylic acids is 2. The van der Waals surface area contributed by atoms with E-state index < -0.39 is 33.1 Å². The zero-order valence-electron chi connectivity index (χ0n) is 11.4. The summed E-state index contributed by atoms with van der Waals surface area (Å²) in [4.78, 5) is 23.1. The minimum absolute atomic E-state index is 0.0383. The normalized spacial score (nSPS) is 11.5. The Kier molecular flexibility index (Phi) is 4.42. The zero-order chi connectivity index (χ0) is 15.5. The lowest BCUT2D eigenvalue weighted by Crippen LogP contribution is -2.24. The molecule has 0 saturated carbocycles. The molecule has 0 N–H and O–H groups in total. The summed E-state index contributed by atoms with van der Waals surface area (Å²) < 4.78 is 33.4. The number of hydrogen-bond acceptors (Lipinski definition) is 6. The molecule has 0 spiro atoms. The molecule has 0 fully saturated rings. The van der Waals surface area contributed by atoms with E-state index in [4.69, 9.17) is 4.42 Å². The molecule has 2 aromatic rings. The number of sulfone groups is 1. The lowest BCUT2D eigenvalue weighted by atomic mass is 10.2. The lowest BCUT2D eigenvalue weighted by Gasteiger charge is -2.02. The van der Waals surface area contributed by atoms with E-state index in [9.17, 15) is 18.0 Å². The summed E-state index contributed by atoms with van der Waals surface area (Å²) >= 11 is 0. The Balaban J connectivity index is 2.11. The van der Waals surface area contributed by atoms with Crippen molar-refractivity contribution in [2.45, 2.75) is 6.92 Å². The van der Waals surface area contributed by atoms with Crippen molar-refractivity contribution >= 4 is 32.6 Å². The van der Waals surface area contributed by atoms with E-state index in [0.717, 1.165) is 0 Å². The van der Waals surface area contributed by atoms with Crippen molar-refractivity contribution in [1.82, 2.24) is 0 Å². The van der Waals surface area contributed by atoms with Gasteiger partial charge in [-0.25, -0.2) is 8.42 Å². The third-order valence-corrected chi connectivity index (χ3v) is 4.07. The van der Waals surface area contributed by atoms with Gasteiger partial charge in [0.25, 0.3) is 0 Å². The van der Waals surface area contributed by atoms with Gasteiger partial charge in [0.15, 0.2) is 15.6 Å². The summed E-state index contributed by atoms with van der Waals surface area (Å²) in [5, 5.41) is 0.712. The monoisotopic (exact) mass is 310 g/mol. The molecule has 0 unspecified atom stereocenters. The van der Waals surface area contributed by atoms with Gasteiger partial charge in [-0.2, -0.15) is 0 Å². The van der Waals surface area contributed by atoms with Crippen LogP contribution in [0.25, 0.3) is 11.0 Å². The Hall–Kier alpha value is -2.15. The summed E-state index contributed by atoms with van der Waals surface area (Å²) in [5.41, 5.74) is 0.503. The second-order valence-corrected chi connectivity index (χ2v) is 6.47. The van der Waals surface area contributed by atoms with Crippen molar-refractivity contribution in [2.75, 3.05) is 18.1 Å². The molecular formula is C14H14O6S. The van der Waals surface area contributed by atoms with Gasteiger partial charge in [0.05, 0.1) is 6.61 Å². The average Bonchev–Trinajstić information content (AvgIpc) is 2.81. The zero-order valence-corrected chi connectivity index (χ0v) is 12.2. The molecule has 0 atom stereocenters. The summed E-state index contributed by atoms with van der Waals surface area (Å²) in [6.45, 7) is 1.66. The number of rotatable bonds is 6.